The zero-order valence-electron chi connectivity index (χ0n) is 11.5. The van der Waals surface area contributed by atoms with Crippen molar-refractivity contribution in [1.29, 1.82) is 0 Å². The Bertz CT molecular complexity index is 553. The van der Waals surface area contributed by atoms with Gasteiger partial charge in [-0.2, -0.15) is 0 Å². The fourth-order valence-corrected chi connectivity index (χ4v) is 3.31. The summed E-state index contributed by atoms with van der Waals surface area (Å²) >= 11 is 0. The molecule has 1 heterocycles. The van der Waals surface area contributed by atoms with Gasteiger partial charge in [0.15, 0.2) is 0 Å². The SMILES string of the molecule is CCc1ccc(S(=O)(=O)NN2CCOCC2)cc1CO. The van der Waals surface area contributed by atoms with E-state index in [-0.39, 0.29) is 11.5 Å². The number of ether oxygens (including phenoxy) is 1. The highest BCUT2D eigenvalue weighted by atomic mass is 32.2. The van der Waals surface area contributed by atoms with Crippen molar-refractivity contribution in [2.24, 2.45) is 0 Å². The van der Waals surface area contributed by atoms with E-state index >= 15 is 0 Å². The maximum atomic E-state index is 12.3. The van der Waals surface area contributed by atoms with Crippen LogP contribution in [0.25, 0.3) is 0 Å². The molecular weight excluding hydrogens is 280 g/mol. The highest BCUT2D eigenvalue weighted by Gasteiger charge is 2.20. The minimum atomic E-state index is -3.61. The number of hydrogen-bond acceptors (Lipinski definition) is 5. The quantitative estimate of drug-likeness (QED) is 0.816. The standard InChI is InChI=1S/C13H20N2O4S/c1-2-11-3-4-13(9-12(11)10-16)20(17,18)14-15-5-7-19-8-6-15/h3-4,9,14,16H,2,5-8,10H2,1H3. The second kappa shape index (κ2) is 6.64. The molecule has 0 bridgehead atoms. The van der Waals surface area contributed by atoms with E-state index in [0.29, 0.717) is 31.9 Å². The molecule has 0 aliphatic carbocycles. The van der Waals surface area contributed by atoms with Gasteiger partial charge >= 0.3 is 0 Å². The predicted molar refractivity (Wildman–Crippen MR) is 74.5 cm³/mol. The summed E-state index contributed by atoms with van der Waals surface area (Å²) in [6, 6.07) is 4.85. The molecule has 7 heteroatoms. The molecule has 0 amide bonds. The van der Waals surface area contributed by atoms with Gasteiger partial charge in [-0.3, -0.25) is 0 Å². The van der Waals surface area contributed by atoms with Crippen molar-refractivity contribution in [2.75, 3.05) is 26.3 Å². The van der Waals surface area contributed by atoms with Crippen LogP contribution in [0.15, 0.2) is 23.1 Å². The topological polar surface area (TPSA) is 78.9 Å². The molecule has 0 radical (unpaired) electrons. The Kier molecular flexibility index (Phi) is 5.11. The first-order valence-corrected chi connectivity index (χ1v) is 8.13. The largest absolute Gasteiger partial charge is 0.392 e. The van der Waals surface area contributed by atoms with Gasteiger partial charge < -0.3 is 9.84 Å². The van der Waals surface area contributed by atoms with E-state index in [1.165, 1.54) is 6.07 Å². The summed E-state index contributed by atoms with van der Waals surface area (Å²) in [6.07, 6.45) is 0.757. The minimum Gasteiger partial charge on any atom is -0.392 e. The second-order valence-electron chi connectivity index (χ2n) is 4.64. The molecule has 1 aromatic carbocycles. The number of benzene rings is 1. The summed E-state index contributed by atoms with van der Waals surface area (Å²) in [7, 11) is -3.61. The first-order chi connectivity index (χ1) is 9.56. The number of sulfonamides is 1. The highest BCUT2D eigenvalue weighted by Crippen LogP contribution is 2.17. The molecule has 0 spiro atoms. The van der Waals surface area contributed by atoms with Crippen molar-refractivity contribution in [3.05, 3.63) is 29.3 Å². The van der Waals surface area contributed by atoms with Crippen molar-refractivity contribution in [3.8, 4) is 0 Å². The third kappa shape index (κ3) is 3.56. The van der Waals surface area contributed by atoms with Crippen LogP contribution in [-0.4, -0.2) is 44.8 Å². The van der Waals surface area contributed by atoms with Crippen LogP contribution in [0.4, 0.5) is 0 Å². The van der Waals surface area contributed by atoms with Crippen LogP contribution in [0.3, 0.4) is 0 Å². The average Bonchev–Trinajstić information content (AvgIpc) is 2.47. The van der Waals surface area contributed by atoms with Crippen LogP contribution in [0.1, 0.15) is 18.1 Å². The number of nitrogens with one attached hydrogen (secondary N) is 1. The summed E-state index contributed by atoms with van der Waals surface area (Å²) in [5, 5.41) is 10.9. The molecule has 20 heavy (non-hydrogen) atoms. The number of rotatable bonds is 5. The highest BCUT2D eigenvalue weighted by molar-refractivity contribution is 7.89. The maximum Gasteiger partial charge on any atom is 0.253 e. The molecular formula is C13H20N2O4S. The van der Waals surface area contributed by atoms with E-state index in [9.17, 15) is 13.5 Å². The van der Waals surface area contributed by atoms with Crippen LogP contribution in [-0.2, 0) is 27.8 Å². The van der Waals surface area contributed by atoms with Gasteiger partial charge in [-0.1, -0.05) is 13.0 Å². The number of hydrogen-bond donors (Lipinski definition) is 2. The molecule has 0 aromatic heterocycles. The van der Waals surface area contributed by atoms with Gasteiger partial charge in [0.05, 0.1) is 24.7 Å². The molecule has 1 aliphatic rings. The molecule has 6 nitrogen and oxygen atoms in total. The van der Waals surface area contributed by atoms with Crippen molar-refractivity contribution < 1.29 is 18.3 Å². The van der Waals surface area contributed by atoms with Crippen LogP contribution in [0, 0.1) is 0 Å². The molecule has 0 unspecified atom stereocenters. The molecule has 1 aliphatic heterocycles. The van der Waals surface area contributed by atoms with Gasteiger partial charge in [0, 0.05) is 13.1 Å². The van der Waals surface area contributed by atoms with E-state index in [1.54, 1.807) is 17.1 Å². The molecule has 2 rings (SSSR count). The summed E-state index contributed by atoms with van der Waals surface area (Å²) in [5.74, 6) is 0. The molecule has 0 saturated carbocycles. The fraction of sp³-hybridized carbons (Fsp3) is 0.538. The Hall–Kier alpha value is -0.990. The maximum absolute atomic E-state index is 12.3. The molecule has 2 N–H and O–H groups in total. The van der Waals surface area contributed by atoms with Crippen molar-refractivity contribution in [2.45, 2.75) is 24.8 Å². The number of nitrogens with zero attached hydrogens (tertiary/aromatic N) is 1. The zero-order chi connectivity index (χ0) is 14.6. The minimum absolute atomic E-state index is 0.163. The summed E-state index contributed by atoms with van der Waals surface area (Å²) < 4.78 is 29.8. The summed E-state index contributed by atoms with van der Waals surface area (Å²) in [5.41, 5.74) is 1.61. The van der Waals surface area contributed by atoms with Gasteiger partial charge in [-0.05, 0) is 29.7 Å². The van der Waals surface area contributed by atoms with Gasteiger partial charge in [0.2, 0.25) is 0 Å². The number of aliphatic hydroxyl groups is 1. The van der Waals surface area contributed by atoms with Gasteiger partial charge in [-0.15, -0.1) is 4.83 Å². The van der Waals surface area contributed by atoms with Gasteiger partial charge in [0.25, 0.3) is 10.0 Å². The Balaban J connectivity index is 2.20. The Morgan fingerprint density at radius 2 is 2.00 bits per heavy atom. The van der Waals surface area contributed by atoms with E-state index in [2.05, 4.69) is 4.83 Å². The van der Waals surface area contributed by atoms with E-state index in [4.69, 9.17) is 4.74 Å². The molecule has 0 atom stereocenters. The number of morpholine rings is 1. The monoisotopic (exact) mass is 300 g/mol. The molecule has 112 valence electrons. The molecule has 1 saturated heterocycles. The fourth-order valence-electron chi connectivity index (χ4n) is 2.14. The lowest BCUT2D eigenvalue weighted by Gasteiger charge is -2.26. The van der Waals surface area contributed by atoms with E-state index < -0.39 is 10.0 Å². The Labute approximate surface area is 119 Å². The van der Waals surface area contributed by atoms with Crippen molar-refractivity contribution >= 4 is 10.0 Å². The van der Waals surface area contributed by atoms with Crippen LogP contribution in [0.5, 0.6) is 0 Å². The second-order valence-corrected chi connectivity index (χ2v) is 6.30. The van der Waals surface area contributed by atoms with E-state index in [0.717, 1.165) is 12.0 Å². The molecule has 1 fully saturated rings. The van der Waals surface area contributed by atoms with Gasteiger partial charge in [0.1, 0.15) is 0 Å². The number of hydrazine groups is 1. The average molecular weight is 300 g/mol. The van der Waals surface area contributed by atoms with E-state index in [1.807, 2.05) is 6.92 Å². The Morgan fingerprint density at radius 3 is 2.60 bits per heavy atom. The van der Waals surface area contributed by atoms with Crippen molar-refractivity contribution in [1.82, 2.24) is 9.84 Å². The smallest absolute Gasteiger partial charge is 0.253 e. The lowest BCUT2D eigenvalue weighted by Crippen LogP contribution is -2.48. The number of aryl methyl sites for hydroxylation is 1. The first kappa shape index (κ1) is 15.4. The first-order valence-electron chi connectivity index (χ1n) is 6.64. The van der Waals surface area contributed by atoms with Gasteiger partial charge in [-0.25, -0.2) is 13.4 Å². The van der Waals surface area contributed by atoms with Crippen molar-refractivity contribution in [3.63, 3.8) is 0 Å². The predicted octanol–water partition coefficient (Wildman–Crippen LogP) is 0.267. The normalized spacial score (nSPS) is 17.3. The summed E-state index contributed by atoms with van der Waals surface area (Å²) in [6.45, 7) is 3.88. The lowest BCUT2D eigenvalue weighted by molar-refractivity contribution is 0.0272. The number of aliphatic hydroxyl groups excluding tert-OH is 1. The van der Waals surface area contributed by atoms with Crippen LogP contribution in [0.2, 0.25) is 0 Å². The lowest BCUT2D eigenvalue weighted by atomic mass is 10.1. The third-order valence-corrected chi connectivity index (χ3v) is 4.67. The summed E-state index contributed by atoms with van der Waals surface area (Å²) in [4.78, 5) is 2.72. The molecule has 1 aromatic rings. The Morgan fingerprint density at radius 1 is 1.30 bits per heavy atom. The van der Waals surface area contributed by atoms with Crippen LogP contribution >= 0.6 is 0 Å². The van der Waals surface area contributed by atoms with Crippen LogP contribution < -0.4 is 4.83 Å². The zero-order valence-corrected chi connectivity index (χ0v) is 12.3. The third-order valence-electron chi connectivity index (χ3n) is 3.30.